The topological polar surface area (TPSA) is 86.0 Å². The van der Waals surface area contributed by atoms with Crippen molar-refractivity contribution in [3.8, 4) is 45.3 Å². The van der Waals surface area contributed by atoms with E-state index in [1.165, 1.54) is 32.1 Å². The summed E-state index contributed by atoms with van der Waals surface area (Å²) in [5.74, 6) is 3.89. The van der Waals surface area contributed by atoms with E-state index in [0.29, 0.717) is 44.7 Å². The van der Waals surface area contributed by atoms with Crippen LogP contribution in [0.2, 0.25) is 0 Å². The molecule has 0 amide bonds. The summed E-state index contributed by atoms with van der Waals surface area (Å²) in [6, 6.07) is 46.4. The van der Waals surface area contributed by atoms with E-state index in [9.17, 15) is 8.42 Å². The van der Waals surface area contributed by atoms with Gasteiger partial charge < -0.3 is 4.42 Å². The molecule has 272 valence electrons. The van der Waals surface area contributed by atoms with Gasteiger partial charge in [-0.2, -0.15) is 0 Å². The van der Waals surface area contributed by atoms with Gasteiger partial charge in [-0.1, -0.05) is 121 Å². The van der Waals surface area contributed by atoms with Crippen LogP contribution in [-0.4, -0.2) is 23.4 Å². The van der Waals surface area contributed by atoms with Crippen molar-refractivity contribution in [3.63, 3.8) is 0 Å². The van der Waals surface area contributed by atoms with Gasteiger partial charge in [0, 0.05) is 38.4 Å². The molecule has 5 aliphatic rings. The Morgan fingerprint density at radius 1 is 0.500 bits per heavy atom. The summed E-state index contributed by atoms with van der Waals surface area (Å²) in [6.07, 6.45) is 6.02. The predicted octanol–water partition coefficient (Wildman–Crippen LogP) is 11.3. The minimum absolute atomic E-state index is 0.295. The first-order valence-corrected chi connectivity index (χ1v) is 21.3. The van der Waals surface area contributed by atoms with Gasteiger partial charge in [0.2, 0.25) is 9.84 Å². The highest BCUT2D eigenvalue weighted by Crippen LogP contribution is 2.68. The zero-order valence-corrected chi connectivity index (χ0v) is 31.4. The molecule has 3 heterocycles. The Bertz CT molecular complexity index is 2980. The number of hydrogen-bond donors (Lipinski definition) is 0. The monoisotopic (exact) mass is 747 g/mol. The number of furan rings is 1. The van der Waals surface area contributed by atoms with Gasteiger partial charge in [-0.15, -0.1) is 0 Å². The van der Waals surface area contributed by atoms with Crippen LogP contribution in [0, 0.1) is 23.7 Å². The van der Waals surface area contributed by atoms with Gasteiger partial charge in [-0.25, -0.2) is 23.4 Å². The summed E-state index contributed by atoms with van der Waals surface area (Å²) >= 11 is 0. The zero-order valence-electron chi connectivity index (χ0n) is 30.6. The number of aromatic nitrogens is 3. The predicted molar refractivity (Wildman–Crippen MR) is 219 cm³/mol. The van der Waals surface area contributed by atoms with Gasteiger partial charge in [0.05, 0.1) is 9.79 Å². The van der Waals surface area contributed by atoms with Gasteiger partial charge in [-0.05, 0) is 90.7 Å². The van der Waals surface area contributed by atoms with Crippen LogP contribution < -0.4 is 0 Å². The van der Waals surface area contributed by atoms with Gasteiger partial charge in [0.25, 0.3) is 0 Å². The van der Waals surface area contributed by atoms with Crippen LogP contribution in [0.15, 0.2) is 154 Å². The van der Waals surface area contributed by atoms with Crippen molar-refractivity contribution >= 4 is 31.8 Å². The molecule has 7 heteroatoms. The van der Waals surface area contributed by atoms with Crippen LogP contribution in [0.4, 0.5) is 0 Å². The first kappa shape index (κ1) is 32.3. The number of rotatable bonds is 4. The van der Waals surface area contributed by atoms with E-state index in [2.05, 4.69) is 54.6 Å². The summed E-state index contributed by atoms with van der Waals surface area (Å²) in [5.41, 5.74) is 7.81. The number of fused-ring (bicyclic) bond motifs is 5. The number of para-hydroxylation sites is 2. The van der Waals surface area contributed by atoms with Crippen LogP contribution in [-0.2, 0) is 15.3 Å². The fourth-order valence-corrected chi connectivity index (χ4v) is 13.3. The lowest BCUT2D eigenvalue weighted by atomic mass is 9.42. The zero-order chi connectivity index (χ0) is 37.2. The van der Waals surface area contributed by atoms with Crippen molar-refractivity contribution in [3.05, 3.63) is 151 Å². The van der Waals surface area contributed by atoms with Gasteiger partial charge in [0.1, 0.15) is 11.2 Å². The summed E-state index contributed by atoms with van der Waals surface area (Å²) in [5, 5.41) is 2.18. The molecular weight excluding hydrogens is 711 g/mol. The molecule has 1 spiro atoms. The van der Waals surface area contributed by atoms with E-state index in [1.807, 2.05) is 84.9 Å². The average molecular weight is 748 g/mol. The highest BCUT2D eigenvalue weighted by atomic mass is 32.2. The molecule has 4 saturated carbocycles. The van der Waals surface area contributed by atoms with Crippen LogP contribution in [0.3, 0.4) is 0 Å². The summed E-state index contributed by atoms with van der Waals surface area (Å²) in [6.45, 7) is 0. The average Bonchev–Trinajstić information content (AvgIpc) is 3.63. The Morgan fingerprint density at radius 3 is 1.82 bits per heavy atom. The van der Waals surface area contributed by atoms with E-state index in [4.69, 9.17) is 19.4 Å². The third kappa shape index (κ3) is 4.55. The Morgan fingerprint density at radius 2 is 1.07 bits per heavy atom. The third-order valence-corrected chi connectivity index (χ3v) is 15.4. The smallest absolute Gasteiger partial charge is 0.207 e. The van der Waals surface area contributed by atoms with Crippen molar-refractivity contribution in [2.45, 2.75) is 47.3 Å². The molecule has 6 aromatic carbocycles. The lowest BCUT2D eigenvalue weighted by Gasteiger charge is -2.63. The summed E-state index contributed by atoms with van der Waals surface area (Å²) < 4.78 is 35.7. The first-order chi connectivity index (χ1) is 27.4. The molecule has 0 saturated heterocycles. The molecular formula is C49H37N3O3S. The van der Waals surface area contributed by atoms with E-state index < -0.39 is 9.84 Å². The van der Waals surface area contributed by atoms with Crippen LogP contribution >= 0.6 is 0 Å². The minimum atomic E-state index is -3.80. The van der Waals surface area contributed by atoms with Crippen LogP contribution in [0.1, 0.15) is 43.2 Å². The maximum absolute atomic E-state index is 14.7. The molecule has 4 bridgehead atoms. The SMILES string of the molecule is O=S1(=O)c2ccccc2C2(c3ccc(-c4nc(-c5ccccc5)nc(-c5ccc(-c6cccc7c6oc6ccccc67)cc5)n4)cc31)C1CC3CC(C1)CC2C3. The highest BCUT2D eigenvalue weighted by molar-refractivity contribution is 7.91. The fourth-order valence-electron chi connectivity index (χ4n) is 11.5. The number of benzene rings is 6. The maximum Gasteiger partial charge on any atom is 0.207 e. The summed E-state index contributed by atoms with van der Waals surface area (Å²) in [7, 11) is -3.80. The standard InChI is InChI=1S/C49H37N3O3S/c53-56(54)43-16-7-5-14-40(43)49(35-24-29-23-30(26-35)27-36(49)25-29)41-22-21-34(28-44(41)56)48-51-46(32-9-2-1-3-10-32)50-47(52-48)33-19-17-31(18-20-33)37-12-8-13-39-38-11-4-6-15-42(38)55-45(37)39/h1-22,28-30,35-36H,23-27H2. The number of sulfone groups is 1. The van der Waals surface area contributed by atoms with Crippen molar-refractivity contribution < 1.29 is 12.8 Å². The molecule has 8 aromatic rings. The second-order valence-electron chi connectivity index (χ2n) is 16.4. The van der Waals surface area contributed by atoms with Gasteiger partial charge in [0.15, 0.2) is 17.5 Å². The molecule has 4 fully saturated rings. The first-order valence-electron chi connectivity index (χ1n) is 19.8. The van der Waals surface area contributed by atoms with E-state index in [-0.39, 0.29) is 5.41 Å². The fraction of sp³-hybridized carbons (Fsp3) is 0.204. The van der Waals surface area contributed by atoms with Gasteiger partial charge in [-0.3, -0.25) is 0 Å². The van der Waals surface area contributed by atoms with Crippen molar-refractivity contribution in [1.82, 2.24) is 15.0 Å². The second-order valence-corrected chi connectivity index (χ2v) is 18.3. The van der Waals surface area contributed by atoms with Crippen molar-refractivity contribution in [2.24, 2.45) is 23.7 Å². The Labute approximate surface area is 325 Å². The van der Waals surface area contributed by atoms with E-state index >= 15 is 0 Å². The molecule has 0 radical (unpaired) electrons. The lowest BCUT2D eigenvalue weighted by Crippen LogP contribution is -2.57. The molecule has 1 aliphatic heterocycles. The van der Waals surface area contributed by atoms with E-state index in [1.54, 1.807) is 0 Å². The van der Waals surface area contributed by atoms with Crippen molar-refractivity contribution in [1.29, 1.82) is 0 Å². The Balaban J connectivity index is 0.998. The minimum Gasteiger partial charge on any atom is -0.455 e. The van der Waals surface area contributed by atoms with Gasteiger partial charge >= 0.3 is 0 Å². The normalized spacial score (nSPS) is 24.1. The summed E-state index contributed by atoms with van der Waals surface area (Å²) in [4.78, 5) is 15.9. The van der Waals surface area contributed by atoms with Crippen LogP contribution in [0.25, 0.3) is 67.2 Å². The highest BCUT2D eigenvalue weighted by Gasteiger charge is 2.62. The Kier molecular flexibility index (Phi) is 6.81. The largest absolute Gasteiger partial charge is 0.455 e. The third-order valence-electron chi connectivity index (χ3n) is 13.5. The molecule has 2 aromatic heterocycles. The van der Waals surface area contributed by atoms with E-state index in [0.717, 1.165) is 67.2 Å². The molecule has 0 atom stereocenters. The maximum atomic E-state index is 14.7. The molecule has 6 nitrogen and oxygen atoms in total. The van der Waals surface area contributed by atoms with Crippen LogP contribution in [0.5, 0.6) is 0 Å². The lowest BCUT2D eigenvalue weighted by molar-refractivity contribution is -0.0446. The number of nitrogens with zero attached hydrogens (tertiary/aromatic N) is 3. The molecule has 0 N–H and O–H groups in total. The molecule has 13 rings (SSSR count). The number of hydrogen-bond acceptors (Lipinski definition) is 6. The Hall–Kier alpha value is -5.92. The molecule has 4 aliphatic carbocycles. The second kappa shape index (κ2) is 11.8. The quantitative estimate of drug-likeness (QED) is 0.178. The van der Waals surface area contributed by atoms with Crippen molar-refractivity contribution in [2.75, 3.05) is 0 Å². The molecule has 0 unspecified atom stereocenters. The molecule has 56 heavy (non-hydrogen) atoms.